The lowest BCUT2D eigenvalue weighted by Gasteiger charge is -2.11. The van der Waals surface area contributed by atoms with E-state index in [1.54, 1.807) is 0 Å². The molecule has 20 heavy (non-hydrogen) atoms. The van der Waals surface area contributed by atoms with Crippen molar-refractivity contribution >= 4 is 22.2 Å². The average Bonchev–Trinajstić information content (AvgIpc) is 2.28. The molecule has 0 aliphatic heterocycles. The highest BCUT2D eigenvalue weighted by molar-refractivity contribution is 7.88. The molecule has 0 bridgehead atoms. The van der Waals surface area contributed by atoms with Crippen molar-refractivity contribution in [2.45, 2.75) is 12.4 Å². The Morgan fingerprint density at radius 1 is 1.35 bits per heavy atom. The van der Waals surface area contributed by atoms with Gasteiger partial charge >= 0.3 is 21.6 Å². The molecule has 0 heterocycles. The molecule has 1 aromatic rings. The van der Waals surface area contributed by atoms with E-state index in [1.807, 2.05) is 0 Å². The van der Waals surface area contributed by atoms with Crippen LogP contribution in [0.5, 0.6) is 5.75 Å². The van der Waals surface area contributed by atoms with Crippen molar-refractivity contribution in [1.29, 1.82) is 0 Å². The van der Waals surface area contributed by atoms with E-state index in [0.29, 0.717) is 5.56 Å². The number of aliphatic carboxylic acids is 1. The molecule has 0 aliphatic carbocycles. The number of alkyl halides is 3. The van der Waals surface area contributed by atoms with E-state index in [-0.39, 0.29) is 5.56 Å². The van der Waals surface area contributed by atoms with Crippen LogP contribution >= 0.6 is 0 Å². The minimum Gasteiger partial charge on any atom is -0.478 e. The van der Waals surface area contributed by atoms with Crippen LogP contribution in [-0.4, -0.2) is 25.0 Å². The van der Waals surface area contributed by atoms with E-state index in [1.165, 1.54) is 25.1 Å². The Labute approximate surface area is 112 Å². The van der Waals surface area contributed by atoms with Crippen molar-refractivity contribution in [3.05, 3.63) is 35.4 Å². The second-order valence-corrected chi connectivity index (χ2v) is 5.22. The maximum atomic E-state index is 12.2. The van der Waals surface area contributed by atoms with Crippen molar-refractivity contribution in [1.82, 2.24) is 0 Å². The predicted octanol–water partition coefficient (Wildman–Crippen LogP) is 2.32. The van der Waals surface area contributed by atoms with Crippen LogP contribution in [0.1, 0.15) is 11.1 Å². The van der Waals surface area contributed by atoms with Gasteiger partial charge < -0.3 is 9.29 Å². The minimum atomic E-state index is -5.72. The van der Waals surface area contributed by atoms with Gasteiger partial charge in [-0.3, -0.25) is 0 Å². The molecule has 1 rings (SSSR count). The zero-order chi connectivity index (χ0) is 15.6. The molecule has 110 valence electrons. The first-order valence-corrected chi connectivity index (χ1v) is 6.46. The van der Waals surface area contributed by atoms with Crippen molar-refractivity contribution in [2.24, 2.45) is 0 Å². The van der Waals surface area contributed by atoms with Crippen LogP contribution in [0.2, 0.25) is 0 Å². The van der Waals surface area contributed by atoms with Gasteiger partial charge in [0.1, 0.15) is 5.75 Å². The SMILES string of the molecule is Cc1cc(/C=C/C(=O)O)ccc1OS(=O)(=O)C(F)(F)F. The maximum Gasteiger partial charge on any atom is 0.534 e. The molecule has 1 N–H and O–H groups in total. The molecule has 0 aliphatic rings. The molecule has 9 heteroatoms. The first-order chi connectivity index (χ1) is 9.03. The largest absolute Gasteiger partial charge is 0.534 e. The van der Waals surface area contributed by atoms with Crippen LogP contribution in [0.25, 0.3) is 6.08 Å². The summed E-state index contributed by atoms with van der Waals surface area (Å²) in [4.78, 5) is 10.3. The van der Waals surface area contributed by atoms with E-state index in [0.717, 1.165) is 12.1 Å². The molecule has 0 radical (unpaired) electrons. The summed E-state index contributed by atoms with van der Waals surface area (Å²) in [5.41, 5.74) is -5.02. The molecule has 0 aromatic heterocycles. The molecular weight excluding hydrogens is 301 g/mol. The summed E-state index contributed by atoms with van der Waals surface area (Å²) in [5.74, 6) is -1.67. The molecule has 0 atom stereocenters. The summed E-state index contributed by atoms with van der Waals surface area (Å²) in [6, 6.07) is 3.54. The van der Waals surface area contributed by atoms with Gasteiger partial charge in [-0.1, -0.05) is 6.07 Å². The third kappa shape index (κ3) is 3.98. The third-order valence-corrected chi connectivity index (χ3v) is 3.07. The normalized spacial score (nSPS) is 12.6. The molecule has 0 spiro atoms. The van der Waals surface area contributed by atoms with Crippen molar-refractivity contribution in [3.8, 4) is 5.75 Å². The first kappa shape index (κ1) is 16.0. The van der Waals surface area contributed by atoms with E-state index < -0.39 is 27.3 Å². The summed E-state index contributed by atoms with van der Waals surface area (Å²) in [6.45, 7) is 1.33. The minimum absolute atomic E-state index is 0.116. The monoisotopic (exact) mass is 310 g/mol. The number of hydrogen-bond acceptors (Lipinski definition) is 4. The fraction of sp³-hybridized carbons (Fsp3) is 0.182. The van der Waals surface area contributed by atoms with Gasteiger partial charge in [0.15, 0.2) is 0 Å². The van der Waals surface area contributed by atoms with Gasteiger partial charge in [0.2, 0.25) is 0 Å². The molecular formula is C11H9F3O5S. The Morgan fingerprint density at radius 3 is 2.40 bits per heavy atom. The predicted molar refractivity (Wildman–Crippen MR) is 63.5 cm³/mol. The van der Waals surface area contributed by atoms with E-state index >= 15 is 0 Å². The lowest BCUT2D eigenvalue weighted by atomic mass is 10.1. The summed E-state index contributed by atoms with van der Waals surface area (Å²) in [6.07, 6.45) is 2.04. The smallest absolute Gasteiger partial charge is 0.478 e. The Kier molecular flexibility index (Phi) is 4.43. The fourth-order valence-corrected chi connectivity index (χ4v) is 1.72. The number of carboxylic acid groups (broad SMARTS) is 1. The highest BCUT2D eigenvalue weighted by atomic mass is 32.2. The second-order valence-electron chi connectivity index (χ2n) is 3.68. The summed E-state index contributed by atoms with van der Waals surface area (Å²) >= 11 is 0. The molecule has 0 saturated carbocycles. The quantitative estimate of drug-likeness (QED) is 0.524. The van der Waals surface area contributed by atoms with Gasteiger partial charge in [0, 0.05) is 6.08 Å². The van der Waals surface area contributed by atoms with Gasteiger partial charge in [-0.05, 0) is 36.3 Å². The zero-order valence-electron chi connectivity index (χ0n) is 10.0. The third-order valence-electron chi connectivity index (χ3n) is 2.10. The number of hydrogen-bond donors (Lipinski definition) is 1. The lowest BCUT2D eigenvalue weighted by molar-refractivity contribution is -0.131. The van der Waals surface area contributed by atoms with Crippen LogP contribution in [0, 0.1) is 6.92 Å². The van der Waals surface area contributed by atoms with E-state index in [9.17, 15) is 26.4 Å². The van der Waals surface area contributed by atoms with Crippen molar-refractivity contribution in [2.75, 3.05) is 0 Å². The second kappa shape index (κ2) is 5.53. The standard InChI is InChI=1S/C11H9F3O5S/c1-7-6-8(3-5-10(15)16)2-4-9(7)19-20(17,18)11(12,13)14/h2-6H,1H3,(H,15,16)/b5-3+. The molecule has 1 aromatic carbocycles. The van der Waals surface area contributed by atoms with Gasteiger partial charge in [-0.2, -0.15) is 21.6 Å². The number of carbonyl (C=O) groups is 1. The van der Waals surface area contributed by atoms with Crippen molar-refractivity contribution in [3.63, 3.8) is 0 Å². The highest BCUT2D eigenvalue weighted by Crippen LogP contribution is 2.29. The average molecular weight is 310 g/mol. The van der Waals surface area contributed by atoms with Gasteiger partial charge in [0.05, 0.1) is 0 Å². The van der Waals surface area contributed by atoms with Crippen LogP contribution in [-0.2, 0) is 14.9 Å². The van der Waals surface area contributed by atoms with Crippen LogP contribution in [0.4, 0.5) is 13.2 Å². The Bertz CT molecular complexity index is 647. The van der Waals surface area contributed by atoms with Crippen LogP contribution < -0.4 is 4.18 Å². The molecule has 5 nitrogen and oxygen atoms in total. The van der Waals surface area contributed by atoms with Gasteiger partial charge in [-0.25, -0.2) is 4.79 Å². The summed E-state index contributed by atoms with van der Waals surface area (Å²) < 4.78 is 62.1. The van der Waals surface area contributed by atoms with Crippen LogP contribution in [0.15, 0.2) is 24.3 Å². The van der Waals surface area contributed by atoms with E-state index in [4.69, 9.17) is 5.11 Å². The van der Waals surface area contributed by atoms with E-state index in [2.05, 4.69) is 4.18 Å². The molecule has 0 fully saturated rings. The Balaban J connectivity index is 3.04. The van der Waals surface area contributed by atoms with Gasteiger partial charge in [-0.15, -0.1) is 0 Å². The number of benzene rings is 1. The Morgan fingerprint density at radius 2 is 1.95 bits per heavy atom. The number of rotatable bonds is 4. The Hall–Kier alpha value is -2.03. The highest BCUT2D eigenvalue weighted by Gasteiger charge is 2.48. The van der Waals surface area contributed by atoms with Crippen LogP contribution in [0.3, 0.4) is 0 Å². The molecule has 0 amide bonds. The first-order valence-electron chi connectivity index (χ1n) is 5.05. The maximum absolute atomic E-state index is 12.2. The summed E-state index contributed by atoms with van der Waals surface area (Å²) in [7, 11) is -5.72. The number of halogens is 3. The fourth-order valence-electron chi connectivity index (χ4n) is 1.20. The summed E-state index contributed by atoms with van der Waals surface area (Å²) in [5, 5.41) is 8.43. The number of aryl methyl sites for hydroxylation is 1. The topological polar surface area (TPSA) is 80.7 Å². The zero-order valence-corrected chi connectivity index (χ0v) is 10.8. The molecule has 0 saturated heterocycles. The van der Waals surface area contributed by atoms with Crippen molar-refractivity contribution < 1.29 is 35.7 Å². The molecule has 0 unspecified atom stereocenters. The lowest BCUT2D eigenvalue weighted by Crippen LogP contribution is -2.28. The number of carboxylic acids is 1. The van der Waals surface area contributed by atoms with Gasteiger partial charge in [0.25, 0.3) is 0 Å².